The molecular formula is C13H11F6NO5. The third-order valence-electron chi connectivity index (χ3n) is 2.47. The second kappa shape index (κ2) is 8.35. The SMILES string of the molecule is NC(=O)c1ccc(C(F)(F)F)cc1C(F)(F)F.O=C(O)CCC(=O)O. The molecule has 0 saturated carbocycles. The van der Waals surface area contributed by atoms with Gasteiger partial charge in [0.2, 0.25) is 5.91 Å². The lowest BCUT2D eigenvalue weighted by Crippen LogP contribution is -2.20. The summed E-state index contributed by atoms with van der Waals surface area (Å²) in [5.41, 5.74) is 0.470. The van der Waals surface area contributed by atoms with Crippen LogP contribution in [0.25, 0.3) is 0 Å². The minimum absolute atomic E-state index is 0.139. The molecule has 1 amide bonds. The molecule has 0 bridgehead atoms. The molecule has 0 spiro atoms. The molecule has 0 heterocycles. The van der Waals surface area contributed by atoms with Gasteiger partial charge in [0.15, 0.2) is 0 Å². The molecule has 4 N–H and O–H groups in total. The molecule has 0 radical (unpaired) electrons. The molecule has 140 valence electrons. The highest BCUT2D eigenvalue weighted by atomic mass is 19.4. The summed E-state index contributed by atoms with van der Waals surface area (Å²) in [5, 5.41) is 15.8. The van der Waals surface area contributed by atoms with Crippen molar-refractivity contribution in [3.8, 4) is 0 Å². The molecule has 1 aromatic carbocycles. The van der Waals surface area contributed by atoms with Gasteiger partial charge in [-0.3, -0.25) is 14.4 Å². The maximum atomic E-state index is 12.4. The summed E-state index contributed by atoms with van der Waals surface area (Å²) in [7, 11) is 0. The number of halogens is 6. The number of amides is 1. The molecule has 12 heteroatoms. The van der Waals surface area contributed by atoms with E-state index in [4.69, 9.17) is 10.2 Å². The first kappa shape index (κ1) is 22.2. The van der Waals surface area contributed by atoms with Gasteiger partial charge in [0.25, 0.3) is 0 Å². The Bertz CT molecular complexity index is 639. The average Bonchev–Trinajstić information content (AvgIpc) is 2.43. The molecule has 0 atom stereocenters. The summed E-state index contributed by atoms with van der Waals surface area (Å²) in [6.45, 7) is 0. The molecule has 0 aliphatic rings. The fourth-order valence-electron chi connectivity index (χ4n) is 1.38. The fourth-order valence-corrected chi connectivity index (χ4v) is 1.38. The van der Waals surface area contributed by atoms with Crippen molar-refractivity contribution in [1.82, 2.24) is 0 Å². The van der Waals surface area contributed by atoms with Crippen LogP contribution in [0, 0.1) is 0 Å². The number of hydrogen-bond donors (Lipinski definition) is 3. The van der Waals surface area contributed by atoms with Crippen molar-refractivity contribution in [3.63, 3.8) is 0 Å². The van der Waals surface area contributed by atoms with E-state index in [-0.39, 0.29) is 18.9 Å². The number of carboxylic acids is 2. The van der Waals surface area contributed by atoms with E-state index in [2.05, 4.69) is 5.73 Å². The van der Waals surface area contributed by atoms with E-state index in [0.29, 0.717) is 12.1 Å². The van der Waals surface area contributed by atoms with Gasteiger partial charge in [0, 0.05) is 0 Å². The number of alkyl halides is 6. The molecule has 0 fully saturated rings. The number of aliphatic carboxylic acids is 2. The first-order chi connectivity index (χ1) is 11.2. The van der Waals surface area contributed by atoms with E-state index in [9.17, 15) is 40.7 Å². The Morgan fingerprint density at radius 2 is 1.32 bits per heavy atom. The Morgan fingerprint density at radius 1 is 0.880 bits per heavy atom. The van der Waals surface area contributed by atoms with Crippen LogP contribution in [-0.4, -0.2) is 28.1 Å². The van der Waals surface area contributed by atoms with Crippen molar-refractivity contribution in [3.05, 3.63) is 34.9 Å². The normalized spacial score (nSPS) is 11.3. The summed E-state index contributed by atoms with van der Waals surface area (Å²) < 4.78 is 73.8. The Hall–Kier alpha value is -2.79. The lowest BCUT2D eigenvalue weighted by atomic mass is 10.0. The van der Waals surface area contributed by atoms with Gasteiger partial charge in [-0.05, 0) is 18.2 Å². The monoisotopic (exact) mass is 375 g/mol. The van der Waals surface area contributed by atoms with Gasteiger partial charge >= 0.3 is 24.3 Å². The standard InChI is InChI=1S/C9H5F6NO.C4H6O4/c10-8(11,12)4-1-2-5(7(16)17)6(3-4)9(13,14)15;5-3(6)1-2-4(7)8/h1-3H,(H2,16,17);1-2H2,(H,5,6)(H,7,8). The molecule has 0 aliphatic carbocycles. The smallest absolute Gasteiger partial charge is 0.417 e. The second-order valence-electron chi connectivity index (χ2n) is 4.41. The zero-order valence-corrected chi connectivity index (χ0v) is 12.1. The Kier molecular flexibility index (Phi) is 7.42. The largest absolute Gasteiger partial charge is 0.481 e. The van der Waals surface area contributed by atoms with Crippen LogP contribution in [0.3, 0.4) is 0 Å². The zero-order valence-electron chi connectivity index (χ0n) is 12.1. The number of rotatable bonds is 4. The lowest BCUT2D eigenvalue weighted by Gasteiger charge is -2.14. The van der Waals surface area contributed by atoms with E-state index in [1.165, 1.54) is 0 Å². The van der Waals surface area contributed by atoms with Gasteiger partial charge in [-0.1, -0.05) is 0 Å². The van der Waals surface area contributed by atoms with Gasteiger partial charge in [0.05, 0.1) is 29.5 Å². The number of hydrogen-bond acceptors (Lipinski definition) is 3. The van der Waals surface area contributed by atoms with Crippen LogP contribution in [0.4, 0.5) is 26.3 Å². The maximum Gasteiger partial charge on any atom is 0.417 e. The van der Waals surface area contributed by atoms with Crippen LogP contribution in [0.15, 0.2) is 18.2 Å². The van der Waals surface area contributed by atoms with E-state index in [1.54, 1.807) is 0 Å². The van der Waals surface area contributed by atoms with Crippen molar-refractivity contribution in [2.45, 2.75) is 25.2 Å². The van der Waals surface area contributed by atoms with E-state index < -0.39 is 46.9 Å². The van der Waals surface area contributed by atoms with Crippen LogP contribution in [-0.2, 0) is 21.9 Å². The Balaban J connectivity index is 0.000000609. The quantitative estimate of drug-likeness (QED) is 0.700. The molecule has 0 aliphatic heterocycles. The first-order valence-electron chi connectivity index (χ1n) is 6.18. The minimum atomic E-state index is -5.08. The molecule has 0 unspecified atom stereocenters. The zero-order chi connectivity index (χ0) is 20.0. The van der Waals surface area contributed by atoms with Crippen molar-refractivity contribution in [2.75, 3.05) is 0 Å². The van der Waals surface area contributed by atoms with Crippen LogP contribution < -0.4 is 5.73 Å². The summed E-state index contributed by atoms with van der Waals surface area (Å²) in [6.07, 6.45) is -10.6. The molecule has 0 saturated heterocycles. The van der Waals surface area contributed by atoms with Crippen molar-refractivity contribution >= 4 is 17.8 Å². The van der Waals surface area contributed by atoms with Crippen LogP contribution in [0.5, 0.6) is 0 Å². The topological polar surface area (TPSA) is 118 Å². The molecule has 1 aromatic rings. The highest BCUT2D eigenvalue weighted by Crippen LogP contribution is 2.37. The predicted octanol–water partition coefficient (Wildman–Crippen LogP) is 2.76. The van der Waals surface area contributed by atoms with E-state index >= 15 is 0 Å². The number of benzene rings is 1. The van der Waals surface area contributed by atoms with E-state index in [0.717, 1.165) is 0 Å². The first-order valence-corrected chi connectivity index (χ1v) is 6.18. The summed E-state index contributed by atoms with van der Waals surface area (Å²) in [5.74, 6) is -3.59. The van der Waals surface area contributed by atoms with Gasteiger partial charge in [-0.2, -0.15) is 26.3 Å². The summed E-state index contributed by atoms with van der Waals surface area (Å²) >= 11 is 0. The number of primary amides is 1. The molecule has 0 aromatic heterocycles. The van der Waals surface area contributed by atoms with Crippen LogP contribution in [0.1, 0.15) is 34.3 Å². The number of carbonyl (C=O) groups is 3. The van der Waals surface area contributed by atoms with Gasteiger partial charge in [0.1, 0.15) is 0 Å². The Morgan fingerprint density at radius 3 is 1.60 bits per heavy atom. The summed E-state index contributed by atoms with van der Waals surface area (Å²) in [6, 6.07) is 0.642. The third-order valence-corrected chi connectivity index (χ3v) is 2.47. The average molecular weight is 375 g/mol. The number of nitrogens with two attached hydrogens (primary N) is 1. The van der Waals surface area contributed by atoms with Gasteiger partial charge in [-0.15, -0.1) is 0 Å². The third kappa shape index (κ3) is 8.04. The second-order valence-corrected chi connectivity index (χ2v) is 4.41. The van der Waals surface area contributed by atoms with Crippen molar-refractivity contribution < 1.29 is 50.9 Å². The molecule has 1 rings (SSSR count). The highest BCUT2D eigenvalue weighted by molar-refractivity contribution is 5.94. The number of carbonyl (C=O) groups excluding carboxylic acids is 1. The van der Waals surface area contributed by atoms with Crippen molar-refractivity contribution in [2.24, 2.45) is 5.73 Å². The van der Waals surface area contributed by atoms with Crippen molar-refractivity contribution in [1.29, 1.82) is 0 Å². The van der Waals surface area contributed by atoms with Gasteiger partial charge in [-0.25, -0.2) is 0 Å². The molecular weight excluding hydrogens is 364 g/mol. The maximum absolute atomic E-state index is 12.4. The lowest BCUT2D eigenvalue weighted by molar-refractivity contribution is -0.143. The van der Waals surface area contributed by atoms with Crippen LogP contribution in [0.2, 0.25) is 0 Å². The predicted molar refractivity (Wildman–Crippen MR) is 69.5 cm³/mol. The highest BCUT2D eigenvalue weighted by Gasteiger charge is 2.39. The van der Waals surface area contributed by atoms with Crippen LogP contribution >= 0.6 is 0 Å². The number of carboxylic acid groups (broad SMARTS) is 2. The molecule has 25 heavy (non-hydrogen) atoms. The summed E-state index contributed by atoms with van der Waals surface area (Å²) in [4.78, 5) is 30.0. The van der Waals surface area contributed by atoms with E-state index in [1.807, 2.05) is 0 Å². The molecule has 6 nitrogen and oxygen atoms in total. The minimum Gasteiger partial charge on any atom is -0.481 e. The van der Waals surface area contributed by atoms with Gasteiger partial charge < -0.3 is 15.9 Å². The fraction of sp³-hybridized carbons (Fsp3) is 0.308. The Labute approximate surface area is 135 Å².